The lowest BCUT2D eigenvalue weighted by Gasteiger charge is -2.08. The Balaban J connectivity index is 1.97. The number of nitrogens with zero attached hydrogens (tertiary/aromatic N) is 1. The molecule has 0 fully saturated rings. The average molecular weight is 260 g/mol. The fourth-order valence-electron chi connectivity index (χ4n) is 1.48. The highest BCUT2D eigenvalue weighted by Gasteiger charge is 2.03. The van der Waals surface area contributed by atoms with E-state index in [4.69, 9.17) is 0 Å². The molecule has 1 heterocycles. The number of carbonyl (C=O) groups is 1. The number of urea groups is 1. The van der Waals surface area contributed by atoms with Gasteiger partial charge < -0.3 is 16.0 Å². The normalized spacial score (nSPS) is 9.79. The minimum atomic E-state index is -0.454. The summed E-state index contributed by atoms with van der Waals surface area (Å²) in [6.45, 7) is 0. The maximum Gasteiger partial charge on any atom is 0.323 e. The maximum absolute atomic E-state index is 12.9. The number of aromatic nitrogens is 1. The van der Waals surface area contributed by atoms with Crippen molar-refractivity contribution in [1.82, 2.24) is 4.98 Å². The number of pyridine rings is 1. The lowest BCUT2D eigenvalue weighted by molar-refractivity contribution is 0.262. The monoisotopic (exact) mass is 260 g/mol. The van der Waals surface area contributed by atoms with Crippen molar-refractivity contribution >= 4 is 23.2 Å². The number of benzene rings is 1. The van der Waals surface area contributed by atoms with Gasteiger partial charge in [0.05, 0.1) is 11.9 Å². The molecule has 0 atom stereocenters. The molecule has 6 heteroatoms. The van der Waals surface area contributed by atoms with Crippen LogP contribution in [0.2, 0.25) is 0 Å². The van der Waals surface area contributed by atoms with Gasteiger partial charge in [-0.05, 0) is 30.3 Å². The molecular weight excluding hydrogens is 247 g/mol. The van der Waals surface area contributed by atoms with Gasteiger partial charge in [-0.15, -0.1) is 0 Å². The molecule has 0 spiro atoms. The minimum absolute atomic E-state index is 0.386. The highest BCUT2D eigenvalue weighted by molar-refractivity contribution is 5.99. The van der Waals surface area contributed by atoms with Gasteiger partial charge in [0.25, 0.3) is 0 Å². The zero-order chi connectivity index (χ0) is 13.7. The van der Waals surface area contributed by atoms with Gasteiger partial charge in [0.2, 0.25) is 0 Å². The number of hydrogen-bond acceptors (Lipinski definition) is 3. The lowest BCUT2D eigenvalue weighted by atomic mass is 10.3. The van der Waals surface area contributed by atoms with Crippen LogP contribution in [0.15, 0.2) is 42.6 Å². The lowest BCUT2D eigenvalue weighted by Crippen LogP contribution is -2.19. The summed E-state index contributed by atoms with van der Waals surface area (Å²) in [6.07, 6.45) is 1.52. The Morgan fingerprint density at radius 2 is 1.95 bits per heavy atom. The van der Waals surface area contributed by atoms with Crippen LogP contribution in [-0.2, 0) is 0 Å². The van der Waals surface area contributed by atoms with Crippen molar-refractivity contribution in [3.8, 4) is 0 Å². The first-order valence-electron chi connectivity index (χ1n) is 5.65. The van der Waals surface area contributed by atoms with E-state index in [1.165, 1.54) is 24.4 Å². The highest BCUT2D eigenvalue weighted by atomic mass is 19.1. The molecule has 98 valence electrons. The Kier molecular flexibility index (Phi) is 3.92. The smallest absolute Gasteiger partial charge is 0.323 e. The van der Waals surface area contributed by atoms with Crippen LogP contribution in [0.25, 0.3) is 0 Å². The zero-order valence-corrected chi connectivity index (χ0v) is 10.3. The van der Waals surface area contributed by atoms with Crippen molar-refractivity contribution in [1.29, 1.82) is 0 Å². The second-order valence-corrected chi connectivity index (χ2v) is 3.77. The number of carbonyl (C=O) groups excluding carboxylic acids is 1. The summed E-state index contributed by atoms with van der Waals surface area (Å²) in [5, 5.41) is 8.00. The summed E-state index contributed by atoms with van der Waals surface area (Å²) in [6, 6.07) is 8.66. The molecule has 0 radical (unpaired) electrons. The van der Waals surface area contributed by atoms with E-state index in [2.05, 4.69) is 20.9 Å². The molecule has 1 aromatic heterocycles. The van der Waals surface area contributed by atoms with E-state index in [0.29, 0.717) is 17.2 Å². The Hall–Kier alpha value is -2.63. The van der Waals surface area contributed by atoms with Crippen LogP contribution in [-0.4, -0.2) is 18.1 Å². The van der Waals surface area contributed by atoms with Crippen LogP contribution in [0.3, 0.4) is 0 Å². The van der Waals surface area contributed by atoms with E-state index in [9.17, 15) is 9.18 Å². The van der Waals surface area contributed by atoms with Gasteiger partial charge in [-0.1, -0.05) is 6.07 Å². The van der Waals surface area contributed by atoms with Crippen molar-refractivity contribution < 1.29 is 9.18 Å². The fourth-order valence-corrected chi connectivity index (χ4v) is 1.48. The number of rotatable bonds is 3. The quantitative estimate of drug-likeness (QED) is 0.795. The third-order valence-electron chi connectivity index (χ3n) is 2.36. The number of halogens is 1. The fraction of sp³-hybridized carbons (Fsp3) is 0.0769. The Bertz CT molecular complexity index is 571. The molecule has 2 rings (SSSR count). The first-order valence-corrected chi connectivity index (χ1v) is 5.65. The zero-order valence-electron chi connectivity index (χ0n) is 10.3. The predicted molar refractivity (Wildman–Crippen MR) is 72.8 cm³/mol. The first kappa shape index (κ1) is 12.8. The van der Waals surface area contributed by atoms with Crippen molar-refractivity contribution in [3.63, 3.8) is 0 Å². The van der Waals surface area contributed by atoms with Crippen LogP contribution in [0.5, 0.6) is 0 Å². The topological polar surface area (TPSA) is 66.0 Å². The average Bonchev–Trinajstić information content (AvgIpc) is 2.39. The van der Waals surface area contributed by atoms with Crippen molar-refractivity contribution in [2.24, 2.45) is 0 Å². The van der Waals surface area contributed by atoms with E-state index in [-0.39, 0.29) is 0 Å². The first-order chi connectivity index (χ1) is 9.17. The Labute approximate surface area is 109 Å². The number of hydrogen-bond donors (Lipinski definition) is 3. The van der Waals surface area contributed by atoms with Gasteiger partial charge in [0, 0.05) is 12.7 Å². The maximum atomic E-state index is 12.9. The Morgan fingerprint density at radius 1 is 1.16 bits per heavy atom. The third kappa shape index (κ3) is 3.67. The van der Waals surface area contributed by atoms with Gasteiger partial charge in [-0.25, -0.2) is 14.2 Å². The van der Waals surface area contributed by atoms with E-state index < -0.39 is 11.8 Å². The van der Waals surface area contributed by atoms with Crippen LogP contribution in [0.4, 0.5) is 26.4 Å². The summed E-state index contributed by atoms with van der Waals surface area (Å²) in [5.74, 6) is 0.300. The predicted octanol–water partition coefficient (Wildman–Crippen LogP) is 2.91. The molecule has 0 saturated heterocycles. The standard InChI is InChI=1S/C13H13FN4O/c1-15-12-6-5-11(8-16-12)18-13(19)17-10-4-2-3-9(14)7-10/h2-8H,1H3,(H,15,16)(H2,17,18,19). The molecule has 0 aliphatic heterocycles. The van der Waals surface area contributed by atoms with Gasteiger partial charge in [0.15, 0.2) is 0 Å². The van der Waals surface area contributed by atoms with E-state index in [0.717, 1.165) is 0 Å². The van der Waals surface area contributed by atoms with Crippen molar-refractivity contribution in [3.05, 3.63) is 48.4 Å². The number of amides is 2. The van der Waals surface area contributed by atoms with Gasteiger partial charge in [-0.2, -0.15) is 0 Å². The molecule has 0 saturated carbocycles. The van der Waals surface area contributed by atoms with Gasteiger partial charge in [-0.3, -0.25) is 0 Å². The van der Waals surface area contributed by atoms with Crippen molar-refractivity contribution in [2.75, 3.05) is 23.0 Å². The summed E-state index contributed by atoms with van der Waals surface area (Å²) in [7, 11) is 1.76. The summed E-state index contributed by atoms with van der Waals surface area (Å²) >= 11 is 0. The second kappa shape index (κ2) is 5.81. The van der Waals surface area contributed by atoms with Crippen molar-refractivity contribution in [2.45, 2.75) is 0 Å². The van der Waals surface area contributed by atoms with E-state index in [1.54, 1.807) is 25.2 Å². The minimum Gasteiger partial charge on any atom is -0.373 e. The summed E-state index contributed by atoms with van der Waals surface area (Å²) in [5.41, 5.74) is 0.935. The van der Waals surface area contributed by atoms with E-state index >= 15 is 0 Å². The molecule has 3 N–H and O–H groups in total. The molecule has 2 aromatic rings. The van der Waals surface area contributed by atoms with Gasteiger partial charge in [0.1, 0.15) is 11.6 Å². The number of anilines is 3. The van der Waals surface area contributed by atoms with Crippen LogP contribution < -0.4 is 16.0 Å². The molecule has 2 amide bonds. The third-order valence-corrected chi connectivity index (χ3v) is 2.36. The van der Waals surface area contributed by atoms with Crippen LogP contribution in [0, 0.1) is 5.82 Å². The van der Waals surface area contributed by atoms with Gasteiger partial charge >= 0.3 is 6.03 Å². The largest absolute Gasteiger partial charge is 0.373 e. The Morgan fingerprint density at radius 3 is 2.58 bits per heavy atom. The second-order valence-electron chi connectivity index (χ2n) is 3.77. The molecule has 0 aliphatic rings. The molecule has 0 bridgehead atoms. The summed E-state index contributed by atoms with van der Waals surface area (Å²) in [4.78, 5) is 15.7. The molecule has 0 unspecified atom stereocenters. The molecule has 19 heavy (non-hydrogen) atoms. The molecule has 1 aromatic carbocycles. The molecular formula is C13H13FN4O. The SMILES string of the molecule is CNc1ccc(NC(=O)Nc2cccc(F)c2)cn1. The van der Waals surface area contributed by atoms with E-state index in [1.807, 2.05) is 0 Å². The highest BCUT2D eigenvalue weighted by Crippen LogP contribution is 2.12. The van der Waals surface area contributed by atoms with Crippen LogP contribution in [0.1, 0.15) is 0 Å². The molecule has 5 nitrogen and oxygen atoms in total. The molecule has 0 aliphatic carbocycles. The van der Waals surface area contributed by atoms with Crippen LogP contribution >= 0.6 is 0 Å². The summed E-state index contributed by atoms with van der Waals surface area (Å²) < 4.78 is 12.9. The number of nitrogens with one attached hydrogen (secondary N) is 3.